The first-order valence-electron chi connectivity index (χ1n) is 8.83. The Balaban J connectivity index is 1.46. The number of aromatic nitrogens is 2. The highest BCUT2D eigenvalue weighted by atomic mass is 32.1. The van der Waals surface area contributed by atoms with Crippen LogP contribution in [0.1, 0.15) is 41.7 Å². The molecule has 1 atom stereocenters. The van der Waals surface area contributed by atoms with E-state index in [1.165, 1.54) is 11.3 Å². The Labute approximate surface area is 160 Å². The van der Waals surface area contributed by atoms with Crippen LogP contribution in [0.5, 0.6) is 0 Å². The summed E-state index contributed by atoms with van der Waals surface area (Å²) in [5.74, 6) is 0.0882. The van der Waals surface area contributed by atoms with Gasteiger partial charge in [0.25, 0.3) is 0 Å². The van der Waals surface area contributed by atoms with E-state index in [0.29, 0.717) is 18.2 Å². The molecule has 2 aliphatic rings. The van der Waals surface area contributed by atoms with E-state index in [4.69, 9.17) is 0 Å². The van der Waals surface area contributed by atoms with Crippen LogP contribution in [0, 0.1) is 6.92 Å². The molecule has 4 heterocycles. The molecular formula is C17H21N5O2S2. The second kappa shape index (κ2) is 7.32. The smallest absolute Gasteiger partial charge is 0.323 e. The Bertz CT molecular complexity index is 818. The third kappa shape index (κ3) is 3.45. The summed E-state index contributed by atoms with van der Waals surface area (Å²) in [6.07, 6.45) is 3.39. The number of likely N-dealkylation sites (tertiary alicyclic amines) is 1. The lowest BCUT2D eigenvalue weighted by Gasteiger charge is -2.34. The van der Waals surface area contributed by atoms with Crippen LogP contribution in [0.3, 0.4) is 0 Å². The number of rotatable bonds is 4. The Morgan fingerprint density at radius 3 is 2.88 bits per heavy atom. The van der Waals surface area contributed by atoms with Gasteiger partial charge in [-0.25, -0.2) is 14.8 Å². The molecule has 0 saturated carbocycles. The van der Waals surface area contributed by atoms with Crippen LogP contribution in [0.15, 0.2) is 10.8 Å². The van der Waals surface area contributed by atoms with Gasteiger partial charge in [0.15, 0.2) is 5.13 Å². The Morgan fingerprint density at radius 2 is 2.15 bits per heavy atom. The van der Waals surface area contributed by atoms with Gasteiger partial charge < -0.3 is 10.2 Å². The molecule has 2 saturated heterocycles. The zero-order chi connectivity index (χ0) is 18.1. The number of carbonyl (C=O) groups is 2. The monoisotopic (exact) mass is 391 g/mol. The zero-order valence-electron chi connectivity index (χ0n) is 14.6. The summed E-state index contributed by atoms with van der Waals surface area (Å²) in [4.78, 5) is 37.4. The number of urea groups is 1. The molecule has 0 bridgehead atoms. The van der Waals surface area contributed by atoms with Gasteiger partial charge >= 0.3 is 6.03 Å². The average molecular weight is 392 g/mol. The number of aryl methyl sites for hydroxylation is 1. The van der Waals surface area contributed by atoms with Gasteiger partial charge in [-0.15, -0.1) is 22.7 Å². The topological polar surface area (TPSA) is 78.4 Å². The molecule has 2 fully saturated rings. The molecule has 0 aromatic carbocycles. The summed E-state index contributed by atoms with van der Waals surface area (Å²) in [5, 5.41) is 8.38. The Kier molecular flexibility index (Phi) is 4.90. The van der Waals surface area contributed by atoms with Crippen molar-refractivity contribution in [3.05, 3.63) is 27.2 Å². The minimum absolute atomic E-state index is 0.0809. The van der Waals surface area contributed by atoms with E-state index in [-0.39, 0.29) is 24.4 Å². The first kappa shape index (κ1) is 17.4. The predicted molar refractivity (Wildman–Crippen MR) is 102 cm³/mol. The molecule has 7 nitrogen and oxygen atoms in total. The highest BCUT2D eigenvalue weighted by Crippen LogP contribution is 2.33. The van der Waals surface area contributed by atoms with Gasteiger partial charge in [-0.3, -0.25) is 9.69 Å². The van der Waals surface area contributed by atoms with Crippen LogP contribution in [0.4, 0.5) is 9.93 Å². The van der Waals surface area contributed by atoms with Crippen molar-refractivity contribution in [1.82, 2.24) is 20.2 Å². The maximum Gasteiger partial charge on any atom is 0.323 e. The molecule has 3 amide bonds. The van der Waals surface area contributed by atoms with Gasteiger partial charge in [0.05, 0.1) is 18.2 Å². The molecule has 26 heavy (non-hydrogen) atoms. The van der Waals surface area contributed by atoms with Crippen LogP contribution in [0.2, 0.25) is 0 Å². The van der Waals surface area contributed by atoms with Crippen LogP contribution in [-0.4, -0.2) is 46.4 Å². The molecule has 4 rings (SSSR count). The van der Waals surface area contributed by atoms with E-state index in [1.54, 1.807) is 16.2 Å². The lowest BCUT2D eigenvalue weighted by molar-refractivity contribution is -0.134. The maximum absolute atomic E-state index is 12.9. The zero-order valence-corrected chi connectivity index (χ0v) is 16.2. The second-order valence-electron chi connectivity index (χ2n) is 6.61. The summed E-state index contributed by atoms with van der Waals surface area (Å²) in [7, 11) is 0. The number of amides is 3. The molecule has 9 heteroatoms. The summed E-state index contributed by atoms with van der Waals surface area (Å²) < 4.78 is 0. The van der Waals surface area contributed by atoms with Crippen molar-refractivity contribution in [2.24, 2.45) is 0 Å². The largest absolute Gasteiger partial charge is 0.336 e. The number of nitrogens with zero attached hydrogens (tertiary/aromatic N) is 4. The summed E-state index contributed by atoms with van der Waals surface area (Å²) in [5.41, 5.74) is 1.74. The Morgan fingerprint density at radius 1 is 1.27 bits per heavy atom. The SMILES string of the molecule is Cc1csc(C2CCCCN2C(=O)Cc2csc(N3CCNC3=O)n2)n1. The van der Waals surface area contributed by atoms with Crippen LogP contribution < -0.4 is 10.2 Å². The van der Waals surface area contributed by atoms with Crippen molar-refractivity contribution < 1.29 is 9.59 Å². The lowest BCUT2D eigenvalue weighted by atomic mass is 10.0. The van der Waals surface area contributed by atoms with E-state index < -0.39 is 0 Å². The fraction of sp³-hybridized carbons (Fsp3) is 0.529. The molecule has 0 spiro atoms. The minimum atomic E-state index is -0.118. The van der Waals surface area contributed by atoms with Crippen LogP contribution in [0.25, 0.3) is 0 Å². The molecule has 2 aromatic rings. The number of nitrogens with one attached hydrogen (secondary N) is 1. The molecule has 2 aliphatic heterocycles. The lowest BCUT2D eigenvalue weighted by Crippen LogP contribution is -2.39. The van der Waals surface area contributed by atoms with E-state index in [2.05, 4.69) is 15.3 Å². The minimum Gasteiger partial charge on any atom is -0.336 e. The average Bonchev–Trinajstić information content (AvgIpc) is 3.36. The Hall–Kier alpha value is -2.00. The first-order valence-corrected chi connectivity index (χ1v) is 10.6. The fourth-order valence-corrected chi connectivity index (χ4v) is 5.22. The van der Waals surface area contributed by atoms with Gasteiger partial charge in [-0.1, -0.05) is 0 Å². The predicted octanol–water partition coefficient (Wildman–Crippen LogP) is 2.73. The van der Waals surface area contributed by atoms with Gasteiger partial charge in [-0.2, -0.15) is 0 Å². The van der Waals surface area contributed by atoms with Crippen molar-refractivity contribution in [3.63, 3.8) is 0 Å². The third-order valence-corrected chi connectivity index (χ3v) is 6.68. The highest BCUT2D eigenvalue weighted by molar-refractivity contribution is 7.14. The molecular weight excluding hydrogens is 370 g/mol. The van der Waals surface area contributed by atoms with Gasteiger partial charge in [0.2, 0.25) is 5.91 Å². The van der Waals surface area contributed by atoms with E-state index in [0.717, 1.165) is 42.2 Å². The maximum atomic E-state index is 12.9. The normalized spacial score (nSPS) is 20.5. The number of hydrogen-bond acceptors (Lipinski definition) is 6. The number of hydrogen-bond donors (Lipinski definition) is 1. The molecule has 138 valence electrons. The molecule has 0 aliphatic carbocycles. The van der Waals surface area contributed by atoms with Crippen molar-refractivity contribution in [3.8, 4) is 0 Å². The van der Waals surface area contributed by atoms with E-state index in [9.17, 15) is 9.59 Å². The molecule has 1 unspecified atom stereocenters. The fourth-order valence-electron chi connectivity index (χ4n) is 3.42. The van der Waals surface area contributed by atoms with Crippen molar-refractivity contribution in [1.29, 1.82) is 0 Å². The quantitative estimate of drug-likeness (QED) is 0.869. The van der Waals surface area contributed by atoms with Gasteiger partial charge in [-0.05, 0) is 26.2 Å². The standard InChI is InChI=1S/C17H21N5O2S2/c1-11-9-25-15(19-11)13-4-2-3-6-21(13)14(23)8-12-10-26-17(20-12)22-7-5-18-16(22)24/h9-10,13H,2-8H2,1H3,(H,18,24). The van der Waals surface area contributed by atoms with Crippen molar-refractivity contribution >= 4 is 39.7 Å². The second-order valence-corrected chi connectivity index (χ2v) is 8.33. The van der Waals surface area contributed by atoms with Crippen LogP contribution >= 0.6 is 22.7 Å². The highest BCUT2D eigenvalue weighted by Gasteiger charge is 2.30. The van der Waals surface area contributed by atoms with Crippen molar-refractivity contribution in [2.45, 2.75) is 38.6 Å². The summed E-state index contributed by atoms with van der Waals surface area (Å²) >= 11 is 3.05. The summed E-state index contributed by atoms with van der Waals surface area (Å²) in [6, 6.07) is -0.0372. The first-order chi connectivity index (χ1) is 12.6. The summed E-state index contributed by atoms with van der Waals surface area (Å²) in [6.45, 7) is 4.01. The number of piperidine rings is 1. The molecule has 0 radical (unpaired) electrons. The van der Waals surface area contributed by atoms with E-state index in [1.807, 2.05) is 22.6 Å². The van der Waals surface area contributed by atoms with Crippen molar-refractivity contribution in [2.75, 3.05) is 24.5 Å². The molecule has 2 aromatic heterocycles. The number of anilines is 1. The van der Waals surface area contributed by atoms with Crippen LogP contribution in [-0.2, 0) is 11.2 Å². The van der Waals surface area contributed by atoms with E-state index >= 15 is 0 Å². The molecule has 1 N–H and O–H groups in total. The number of thiazole rings is 2. The van der Waals surface area contributed by atoms with Gasteiger partial charge in [0, 0.05) is 36.1 Å². The third-order valence-electron chi connectivity index (χ3n) is 4.70. The number of carbonyl (C=O) groups excluding carboxylic acids is 2. The van der Waals surface area contributed by atoms with Gasteiger partial charge in [0.1, 0.15) is 5.01 Å².